The van der Waals surface area contributed by atoms with E-state index < -0.39 is 0 Å². The number of rotatable bonds is 9. The first kappa shape index (κ1) is 13.9. The minimum absolute atomic E-state index is 1.35. The van der Waals surface area contributed by atoms with E-state index in [1.54, 1.807) is 11.1 Å². The van der Waals surface area contributed by atoms with Crippen molar-refractivity contribution in [3.8, 4) is 0 Å². The summed E-state index contributed by atoms with van der Waals surface area (Å²) in [6.45, 7) is 0. The largest absolute Gasteiger partial charge is 0.0853 e. The molecule has 0 aromatic heterocycles. The number of unbranched alkanes of at least 4 members (excludes halogenated alkanes) is 5. The number of hydrogen-bond acceptors (Lipinski definition) is 0. The standard InChI is InChI=1S/C18H30/c1(3-5-11-17-13-7-8-14-17)2-4-6-12-18-15-9-10-16-18/h13,15H,1-12,14,16H2. The Hall–Kier alpha value is -0.520. The Morgan fingerprint density at radius 3 is 1.44 bits per heavy atom. The van der Waals surface area contributed by atoms with Crippen molar-refractivity contribution in [2.75, 3.05) is 0 Å². The first-order valence-electron chi connectivity index (χ1n) is 8.31. The van der Waals surface area contributed by atoms with Crippen LogP contribution in [-0.2, 0) is 0 Å². The molecule has 0 saturated carbocycles. The van der Waals surface area contributed by atoms with Crippen LogP contribution in [0.15, 0.2) is 23.3 Å². The summed E-state index contributed by atoms with van der Waals surface area (Å²) >= 11 is 0. The highest BCUT2D eigenvalue weighted by Gasteiger charge is 2.04. The molecule has 18 heavy (non-hydrogen) atoms. The molecule has 0 unspecified atom stereocenters. The van der Waals surface area contributed by atoms with E-state index in [0.717, 1.165) is 0 Å². The van der Waals surface area contributed by atoms with Crippen LogP contribution in [0.25, 0.3) is 0 Å². The lowest BCUT2D eigenvalue weighted by Crippen LogP contribution is -1.84. The van der Waals surface area contributed by atoms with Crippen LogP contribution in [0.4, 0.5) is 0 Å². The first-order chi connectivity index (χ1) is 8.95. The molecule has 2 aliphatic carbocycles. The molecule has 102 valence electrons. The Balaban J connectivity index is 1.35. The van der Waals surface area contributed by atoms with E-state index in [9.17, 15) is 0 Å². The second kappa shape index (κ2) is 8.56. The molecule has 2 rings (SSSR count). The van der Waals surface area contributed by atoms with Gasteiger partial charge in [0, 0.05) is 0 Å². The van der Waals surface area contributed by atoms with Gasteiger partial charge in [-0.3, -0.25) is 0 Å². The van der Waals surface area contributed by atoms with Crippen molar-refractivity contribution in [2.24, 2.45) is 0 Å². The van der Waals surface area contributed by atoms with Crippen LogP contribution in [0.5, 0.6) is 0 Å². The zero-order valence-corrected chi connectivity index (χ0v) is 12.1. The van der Waals surface area contributed by atoms with Crippen LogP contribution in [0.1, 0.15) is 89.9 Å². The average molecular weight is 246 g/mol. The van der Waals surface area contributed by atoms with Crippen molar-refractivity contribution < 1.29 is 0 Å². The smallest absolute Gasteiger partial charge is 0.0317 e. The van der Waals surface area contributed by atoms with Crippen molar-refractivity contribution in [3.05, 3.63) is 23.3 Å². The van der Waals surface area contributed by atoms with Crippen molar-refractivity contribution in [1.82, 2.24) is 0 Å². The maximum absolute atomic E-state index is 2.48. The predicted octanol–water partition coefficient (Wildman–Crippen LogP) is 6.33. The molecular formula is C18H30. The summed E-state index contributed by atoms with van der Waals surface area (Å²) in [6, 6.07) is 0. The third-order valence-corrected chi connectivity index (χ3v) is 4.52. The molecule has 0 aliphatic heterocycles. The van der Waals surface area contributed by atoms with Crippen LogP contribution >= 0.6 is 0 Å². The fraction of sp³-hybridized carbons (Fsp3) is 0.778. The molecule has 0 bridgehead atoms. The SMILES string of the molecule is C1=C(CCCCCCCCC2=CCCC2)CCC1. The molecule has 0 aromatic rings. The average Bonchev–Trinajstić information content (AvgIpc) is 3.05. The molecule has 0 atom stereocenters. The highest BCUT2D eigenvalue weighted by molar-refractivity contribution is 5.07. The van der Waals surface area contributed by atoms with Gasteiger partial charge in [0.2, 0.25) is 0 Å². The van der Waals surface area contributed by atoms with Gasteiger partial charge in [0.15, 0.2) is 0 Å². The van der Waals surface area contributed by atoms with Crippen LogP contribution in [0.3, 0.4) is 0 Å². The fourth-order valence-corrected chi connectivity index (χ4v) is 3.34. The van der Waals surface area contributed by atoms with Crippen molar-refractivity contribution >= 4 is 0 Å². The second-order valence-electron chi connectivity index (χ2n) is 6.13. The van der Waals surface area contributed by atoms with E-state index >= 15 is 0 Å². The van der Waals surface area contributed by atoms with E-state index in [1.807, 2.05) is 0 Å². The minimum atomic E-state index is 1.35. The predicted molar refractivity (Wildman–Crippen MR) is 80.8 cm³/mol. The van der Waals surface area contributed by atoms with Gasteiger partial charge in [-0.2, -0.15) is 0 Å². The molecule has 0 fully saturated rings. The Morgan fingerprint density at radius 2 is 1.06 bits per heavy atom. The second-order valence-corrected chi connectivity index (χ2v) is 6.13. The van der Waals surface area contributed by atoms with E-state index in [4.69, 9.17) is 0 Å². The van der Waals surface area contributed by atoms with E-state index in [2.05, 4.69) is 12.2 Å². The zero-order valence-electron chi connectivity index (χ0n) is 12.1. The molecule has 2 aliphatic rings. The fourth-order valence-electron chi connectivity index (χ4n) is 3.34. The molecule has 0 saturated heterocycles. The Kier molecular flexibility index (Phi) is 6.61. The third kappa shape index (κ3) is 5.42. The lowest BCUT2D eigenvalue weighted by Gasteiger charge is -2.04. The molecular weight excluding hydrogens is 216 g/mol. The molecule has 0 aromatic carbocycles. The van der Waals surface area contributed by atoms with Crippen molar-refractivity contribution in [1.29, 1.82) is 0 Å². The summed E-state index contributed by atoms with van der Waals surface area (Å²) in [5, 5.41) is 0. The molecule has 0 spiro atoms. The van der Waals surface area contributed by atoms with E-state index in [-0.39, 0.29) is 0 Å². The normalized spacial score (nSPS) is 19.1. The molecule has 0 nitrogen and oxygen atoms in total. The van der Waals surface area contributed by atoms with Gasteiger partial charge in [0.25, 0.3) is 0 Å². The lowest BCUT2D eigenvalue weighted by molar-refractivity contribution is 0.588. The summed E-state index contributed by atoms with van der Waals surface area (Å²) in [4.78, 5) is 0. The highest BCUT2D eigenvalue weighted by atomic mass is 14.1. The van der Waals surface area contributed by atoms with Gasteiger partial charge >= 0.3 is 0 Å². The van der Waals surface area contributed by atoms with Crippen LogP contribution in [0.2, 0.25) is 0 Å². The quantitative estimate of drug-likeness (QED) is 0.329. The van der Waals surface area contributed by atoms with E-state index in [1.165, 1.54) is 89.9 Å². The van der Waals surface area contributed by atoms with Crippen LogP contribution < -0.4 is 0 Å². The summed E-state index contributed by atoms with van der Waals surface area (Å²) in [5.41, 5.74) is 3.51. The summed E-state index contributed by atoms with van der Waals surface area (Å²) < 4.78 is 0. The van der Waals surface area contributed by atoms with Gasteiger partial charge in [-0.15, -0.1) is 0 Å². The summed E-state index contributed by atoms with van der Waals surface area (Å²) in [7, 11) is 0. The van der Waals surface area contributed by atoms with Gasteiger partial charge in [0.1, 0.15) is 0 Å². The molecule has 0 radical (unpaired) electrons. The third-order valence-electron chi connectivity index (χ3n) is 4.52. The van der Waals surface area contributed by atoms with Crippen molar-refractivity contribution in [2.45, 2.75) is 89.9 Å². The summed E-state index contributed by atoms with van der Waals surface area (Å²) in [5.74, 6) is 0. The maximum Gasteiger partial charge on any atom is -0.0317 e. The van der Waals surface area contributed by atoms with Gasteiger partial charge in [-0.05, 0) is 64.2 Å². The minimum Gasteiger partial charge on any atom is -0.0853 e. The van der Waals surface area contributed by atoms with Crippen LogP contribution in [-0.4, -0.2) is 0 Å². The number of allylic oxidation sites excluding steroid dienone is 4. The van der Waals surface area contributed by atoms with Gasteiger partial charge < -0.3 is 0 Å². The van der Waals surface area contributed by atoms with Crippen LogP contribution in [0, 0.1) is 0 Å². The highest BCUT2D eigenvalue weighted by Crippen LogP contribution is 2.24. The topological polar surface area (TPSA) is 0 Å². The van der Waals surface area contributed by atoms with Gasteiger partial charge in [-0.25, -0.2) is 0 Å². The lowest BCUT2D eigenvalue weighted by atomic mass is 10.0. The Bertz CT molecular complexity index is 252. The van der Waals surface area contributed by atoms with Gasteiger partial charge in [0.05, 0.1) is 0 Å². The van der Waals surface area contributed by atoms with E-state index in [0.29, 0.717) is 0 Å². The maximum atomic E-state index is 2.48. The molecule has 0 amide bonds. The van der Waals surface area contributed by atoms with Gasteiger partial charge in [-0.1, -0.05) is 49.0 Å². The Morgan fingerprint density at radius 1 is 0.611 bits per heavy atom. The Labute approximate surface area is 114 Å². The molecule has 0 N–H and O–H groups in total. The monoisotopic (exact) mass is 246 g/mol. The van der Waals surface area contributed by atoms with Crippen molar-refractivity contribution in [3.63, 3.8) is 0 Å². The summed E-state index contributed by atoms with van der Waals surface area (Å²) in [6.07, 6.45) is 24.8. The zero-order chi connectivity index (χ0) is 12.5. The molecule has 0 heteroatoms. The first-order valence-corrected chi connectivity index (χ1v) is 8.31. The number of hydrogen-bond donors (Lipinski definition) is 0. The molecule has 0 heterocycles.